The van der Waals surface area contributed by atoms with Crippen LogP contribution in [0.3, 0.4) is 0 Å². The van der Waals surface area contributed by atoms with Crippen molar-refractivity contribution in [3.05, 3.63) is 52.8 Å². The molecule has 1 aromatic heterocycles. The van der Waals surface area contributed by atoms with Crippen LogP contribution in [0.25, 0.3) is 0 Å². The quantitative estimate of drug-likeness (QED) is 0.573. The first kappa shape index (κ1) is 8.57. The minimum absolute atomic E-state index is 0.113. The van der Waals surface area contributed by atoms with Crippen LogP contribution in [0.4, 0.5) is 0 Å². The Labute approximate surface area is 80.3 Å². The molecule has 1 nitrogen and oxygen atoms in total. The number of allylic oxidation sites excluding steroid dienone is 2. The average Bonchev–Trinajstić information content (AvgIpc) is 2.20. The Bertz CT molecular complexity index is 395. The Hall–Kier alpha value is -1.02. The summed E-state index contributed by atoms with van der Waals surface area (Å²) in [6.45, 7) is 2.21. The van der Waals surface area contributed by atoms with Crippen LogP contribution in [-0.2, 0) is 0 Å². The van der Waals surface area contributed by atoms with Gasteiger partial charge in [0.25, 0.3) is 0 Å². The molecule has 0 fully saturated rings. The summed E-state index contributed by atoms with van der Waals surface area (Å²) in [5, 5.41) is 2.76. The van der Waals surface area contributed by atoms with Crippen LogP contribution in [0.15, 0.2) is 52.5 Å². The highest BCUT2D eigenvalue weighted by Crippen LogP contribution is 2.29. The number of hydrogen-bond donors (Lipinski definition) is 0. The monoisotopic (exact) mass is 192 g/mol. The summed E-state index contributed by atoms with van der Waals surface area (Å²) in [6.07, 6.45) is 8.13. The minimum Gasteiger partial charge on any atom is -0.459 e. The molecule has 1 aromatic rings. The Morgan fingerprint density at radius 3 is 2.92 bits per heavy atom. The molecular weight excluding hydrogens is 180 g/mol. The second-order valence-electron chi connectivity index (χ2n) is 2.91. The van der Waals surface area contributed by atoms with Gasteiger partial charge in [-0.2, -0.15) is 0 Å². The van der Waals surface area contributed by atoms with Crippen molar-refractivity contribution in [1.82, 2.24) is 0 Å². The Balaban J connectivity index is 2.57. The first-order valence-corrected chi connectivity index (χ1v) is 5.67. The highest BCUT2D eigenvalue weighted by atomic mass is 32.2. The summed E-state index contributed by atoms with van der Waals surface area (Å²) in [4.78, 5) is 0. The van der Waals surface area contributed by atoms with E-state index in [1.165, 1.54) is 0 Å². The lowest BCUT2D eigenvalue weighted by Crippen LogP contribution is -1.93. The van der Waals surface area contributed by atoms with E-state index >= 15 is 0 Å². The van der Waals surface area contributed by atoms with Crippen molar-refractivity contribution in [1.29, 1.82) is 0 Å². The standard InChI is InChI=1S/C11H12OS/c1-10-6-3-5-9-13(10)11-7-2-4-8-12-11/h2-10H,1H3. The van der Waals surface area contributed by atoms with Gasteiger partial charge in [-0.3, -0.25) is 0 Å². The van der Waals surface area contributed by atoms with E-state index in [-0.39, 0.29) is 10.5 Å². The van der Waals surface area contributed by atoms with Gasteiger partial charge >= 0.3 is 0 Å². The molecule has 2 heteroatoms. The number of rotatable bonds is 0. The minimum atomic E-state index is 0.113. The first-order valence-electron chi connectivity index (χ1n) is 4.31. The lowest BCUT2D eigenvalue weighted by Gasteiger charge is -2.11. The molecule has 2 rings (SSSR count). The van der Waals surface area contributed by atoms with Gasteiger partial charge in [0, 0.05) is 5.25 Å². The second-order valence-corrected chi connectivity index (χ2v) is 5.08. The summed E-state index contributed by atoms with van der Waals surface area (Å²) >= 11 is 0. The smallest absolute Gasteiger partial charge is 0.155 e. The van der Waals surface area contributed by atoms with Gasteiger partial charge < -0.3 is 4.42 Å². The van der Waals surface area contributed by atoms with Crippen molar-refractivity contribution >= 4 is 10.5 Å². The molecule has 0 bridgehead atoms. The Morgan fingerprint density at radius 2 is 2.23 bits per heavy atom. The lowest BCUT2D eigenvalue weighted by atomic mass is 10.4. The van der Waals surface area contributed by atoms with Gasteiger partial charge in [-0.1, -0.05) is 24.3 Å². The molecule has 0 spiro atoms. The normalized spacial score (nSPS) is 27.6. The van der Waals surface area contributed by atoms with E-state index in [9.17, 15) is 0 Å². The molecule has 2 atom stereocenters. The van der Waals surface area contributed by atoms with Gasteiger partial charge in [0.1, 0.15) is 0 Å². The molecule has 1 aliphatic heterocycles. The summed E-state index contributed by atoms with van der Waals surface area (Å²) in [5.41, 5.74) is 0. The summed E-state index contributed by atoms with van der Waals surface area (Å²) < 4.78 is 6.53. The molecule has 2 unspecified atom stereocenters. The molecule has 0 aromatic carbocycles. The molecule has 0 N–H and O–H groups in total. The predicted octanol–water partition coefficient (Wildman–Crippen LogP) is 3.55. The summed E-state index contributed by atoms with van der Waals surface area (Å²) in [5.74, 6) is 0. The van der Waals surface area contributed by atoms with Gasteiger partial charge in [0.15, 0.2) is 4.71 Å². The molecule has 0 aliphatic carbocycles. The molecule has 0 saturated heterocycles. The zero-order chi connectivity index (χ0) is 9.10. The molecule has 0 saturated carbocycles. The van der Waals surface area contributed by atoms with E-state index < -0.39 is 0 Å². The van der Waals surface area contributed by atoms with Crippen molar-refractivity contribution in [2.75, 3.05) is 0 Å². The van der Waals surface area contributed by atoms with Crippen LogP contribution in [-0.4, -0.2) is 5.25 Å². The van der Waals surface area contributed by atoms with Crippen molar-refractivity contribution in [3.63, 3.8) is 0 Å². The maximum atomic E-state index is 5.46. The third-order valence-corrected chi connectivity index (χ3v) is 4.06. The fraction of sp³-hybridized carbons (Fsp3) is 0.182. The SMILES string of the molecule is CC1C=CC=CS1=c1cccco1. The molecule has 13 heavy (non-hydrogen) atoms. The van der Waals surface area contributed by atoms with Crippen LogP contribution in [0.5, 0.6) is 0 Å². The van der Waals surface area contributed by atoms with E-state index in [2.05, 4.69) is 30.6 Å². The van der Waals surface area contributed by atoms with Crippen LogP contribution in [0.2, 0.25) is 0 Å². The topological polar surface area (TPSA) is 13.1 Å². The highest BCUT2D eigenvalue weighted by molar-refractivity contribution is 8.12. The van der Waals surface area contributed by atoms with Crippen LogP contribution < -0.4 is 0 Å². The van der Waals surface area contributed by atoms with E-state index in [0.717, 1.165) is 4.71 Å². The van der Waals surface area contributed by atoms with Crippen molar-refractivity contribution < 1.29 is 4.42 Å². The van der Waals surface area contributed by atoms with Gasteiger partial charge in [0.05, 0.1) is 6.26 Å². The van der Waals surface area contributed by atoms with Crippen LogP contribution in [0.1, 0.15) is 6.92 Å². The molecule has 68 valence electrons. The molecule has 0 radical (unpaired) electrons. The summed E-state index contributed by atoms with van der Waals surface area (Å²) in [6, 6.07) is 5.97. The molecular formula is C11H12OS. The molecule has 0 amide bonds. The second kappa shape index (κ2) is 3.79. The highest BCUT2D eigenvalue weighted by Gasteiger charge is 2.04. The zero-order valence-corrected chi connectivity index (χ0v) is 8.33. The van der Waals surface area contributed by atoms with Crippen molar-refractivity contribution in [2.24, 2.45) is 0 Å². The van der Waals surface area contributed by atoms with Gasteiger partial charge in [0.2, 0.25) is 0 Å². The molecule has 1 aliphatic rings. The Kier molecular flexibility index (Phi) is 2.50. The van der Waals surface area contributed by atoms with E-state index in [4.69, 9.17) is 4.42 Å². The van der Waals surface area contributed by atoms with Gasteiger partial charge in [-0.05, 0) is 24.5 Å². The van der Waals surface area contributed by atoms with Crippen LogP contribution in [0, 0.1) is 4.71 Å². The fourth-order valence-corrected chi connectivity index (χ4v) is 2.94. The van der Waals surface area contributed by atoms with E-state index in [0.29, 0.717) is 5.25 Å². The van der Waals surface area contributed by atoms with Gasteiger partial charge in [-0.25, -0.2) is 0 Å². The van der Waals surface area contributed by atoms with Gasteiger partial charge in [-0.15, -0.1) is 10.5 Å². The zero-order valence-electron chi connectivity index (χ0n) is 7.51. The van der Waals surface area contributed by atoms with E-state index in [1.807, 2.05) is 18.2 Å². The van der Waals surface area contributed by atoms with Crippen LogP contribution >= 0.6 is 10.5 Å². The molecule has 2 heterocycles. The largest absolute Gasteiger partial charge is 0.459 e. The fourth-order valence-electron chi connectivity index (χ4n) is 1.27. The Morgan fingerprint density at radius 1 is 1.31 bits per heavy atom. The maximum Gasteiger partial charge on any atom is 0.155 e. The maximum absolute atomic E-state index is 5.46. The van der Waals surface area contributed by atoms with E-state index in [1.54, 1.807) is 6.26 Å². The van der Waals surface area contributed by atoms with Crippen molar-refractivity contribution in [3.8, 4) is 0 Å². The predicted molar refractivity (Wildman–Crippen MR) is 57.3 cm³/mol. The van der Waals surface area contributed by atoms with Crippen molar-refractivity contribution in [2.45, 2.75) is 12.2 Å². The third-order valence-electron chi connectivity index (χ3n) is 1.96. The average molecular weight is 192 g/mol. The number of hydrogen-bond acceptors (Lipinski definition) is 1. The summed E-state index contributed by atoms with van der Waals surface area (Å²) in [7, 11) is 0.113. The first-order chi connectivity index (χ1) is 6.38. The third kappa shape index (κ3) is 1.83. The lowest BCUT2D eigenvalue weighted by molar-refractivity contribution is 0.533.